The Kier molecular flexibility index (Phi) is 5.45. The number of nitrogens with one attached hydrogen (secondary N) is 2. The Balaban J connectivity index is 1.77. The van der Waals surface area contributed by atoms with Crippen LogP contribution in [0.25, 0.3) is 0 Å². The summed E-state index contributed by atoms with van der Waals surface area (Å²) in [4.78, 5) is 48.5. The monoisotopic (exact) mass is 436 g/mol. The number of imide groups is 1. The lowest BCUT2D eigenvalue weighted by atomic mass is 9.92. The summed E-state index contributed by atoms with van der Waals surface area (Å²) in [6.07, 6.45) is 0. The lowest BCUT2D eigenvalue weighted by molar-refractivity contribution is -0.384. The third-order valence-corrected chi connectivity index (χ3v) is 5.28. The molecule has 11 heteroatoms. The highest BCUT2D eigenvalue weighted by Crippen LogP contribution is 2.31. The second-order valence-corrected chi connectivity index (χ2v) is 7.19. The van der Waals surface area contributed by atoms with Crippen LogP contribution in [0.15, 0.2) is 42.5 Å². The van der Waals surface area contributed by atoms with Crippen LogP contribution in [0, 0.1) is 10.1 Å². The predicted octanol–water partition coefficient (Wildman–Crippen LogP) is 3.31. The van der Waals surface area contributed by atoms with E-state index in [1.807, 2.05) is 0 Å². The van der Waals surface area contributed by atoms with E-state index in [0.717, 1.165) is 4.90 Å². The SMILES string of the molecule is CC1(c2ccc([N+](=O)[O-])cc2)NC(=O)N(CC(=O)Nc2cccc(Cl)c2Cl)C1=O. The van der Waals surface area contributed by atoms with Crippen LogP contribution in [0.5, 0.6) is 0 Å². The van der Waals surface area contributed by atoms with Gasteiger partial charge in [-0.1, -0.05) is 29.3 Å². The summed E-state index contributed by atoms with van der Waals surface area (Å²) in [7, 11) is 0. The lowest BCUT2D eigenvalue weighted by Crippen LogP contribution is -2.42. The topological polar surface area (TPSA) is 122 Å². The maximum atomic E-state index is 12.8. The number of hydrogen-bond acceptors (Lipinski definition) is 5. The number of amides is 4. The Morgan fingerprint density at radius 2 is 1.86 bits per heavy atom. The van der Waals surface area contributed by atoms with Crippen molar-refractivity contribution in [3.63, 3.8) is 0 Å². The van der Waals surface area contributed by atoms with Gasteiger partial charge < -0.3 is 10.6 Å². The number of urea groups is 1. The van der Waals surface area contributed by atoms with Crippen molar-refractivity contribution in [1.82, 2.24) is 10.2 Å². The van der Waals surface area contributed by atoms with Crippen LogP contribution in [-0.2, 0) is 15.1 Å². The molecule has 2 aromatic rings. The smallest absolute Gasteiger partial charge is 0.323 e. The molecule has 0 saturated carbocycles. The number of halogens is 2. The minimum atomic E-state index is -1.46. The molecule has 2 N–H and O–H groups in total. The normalized spacial score (nSPS) is 18.5. The van der Waals surface area contributed by atoms with E-state index < -0.39 is 34.9 Å². The Morgan fingerprint density at radius 3 is 2.48 bits per heavy atom. The summed E-state index contributed by atoms with van der Waals surface area (Å²) < 4.78 is 0. The molecule has 0 spiro atoms. The summed E-state index contributed by atoms with van der Waals surface area (Å²) >= 11 is 11.9. The molecule has 0 bridgehead atoms. The van der Waals surface area contributed by atoms with Gasteiger partial charge in [0.05, 0.1) is 20.7 Å². The Morgan fingerprint density at radius 1 is 1.21 bits per heavy atom. The van der Waals surface area contributed by atoms with Crippen LogP contribution < -0.4 is 10.6 Å². The van der Waals surface area contributed by atoms with Gasteiger partial charge in [-0.25, -0.2) is 4.79 Å². The average molecular weight is 437 g/mol. The number of anilines is 1. The molecule has 1 unspecified atom stereocenters. The number of carbonyl (C=O) groups excluding carboxylic acids is 3. The Hall–Kier alpha value is -3.17. The highest BCUT2D eigenvalue weighted by molar-refractivity contribution is 6.44. The average Bonchev–Trinajstić information content (AvgIpc) is 2.89. The van der Waals surface area contributed by atoms with Gasteiger partial charge in [0.25, 0.3) is 11.6 Å². The Labute approximate surface area is 174 Å². The summed E-state index contributed by atoms with van der Waals surface area (Å²) in [5.74, 6) is -1.31. The van der Waals surface area contributed by atoms with Gasteiger partial charge in [0.1, 0.15) is 12.1 Å². The molecule has 4 amide bonds. The molecule has 150 valence electrons. The second kappa shape index (κ2) is 7.69. The van der Waals surface area contributed by atoms with E-state index in [-0.39, 0.29) is 21.4 Å². The fraction of sp³-hybridized carbons (Fsp3) is 0.167. The number of nitro benzene ring substituents is 1. The van der Waals surface area contributed by atoms with E-state index in [0.29, 0.717) is 5.56 Å². The third kappa shape index (κ3) is 3.87. The third-order valence-electron chi connectivity index (χ3n) is 4.46. The van der Waals surface area contributed by atoms with Crippen molar-refractivity contribution < 1.29 is 19.3 Å². The van der Waals surface area contributed by atoms with E-state index in [2.05, 4.69) is 10.6 Å². The first-order chi connectivity index (χ1) is 13.6. The van der Waals surface area contributed by atoms with Gasteiger partial charge in [0, 0.05) is 12.1 Å². The van der Waals surface area contributed by atoms with Crippen molar-refractivity contribution >= 4 is 52.4 Å². The molecule has 1 heterocycles. The molecule has 1 saturated heterocycles. The molecule has 1 atom stereocenters. The molecule has 1 fully saturated rings. The maximum Gasteiger partial charge on any atom is 0.325 e. The first-order valence-corrected chi connectivity index (χ1v) is 9.02. The number of carbonyl (C=O) groups is 3. The van der Waals surface area contributed by atoms with Crippen molar-refractivity contribution in [2.45, 2.75) is 12.5 Å². The minimum absolute atomic E-state index is 0.135. The van der Waals surface area contributed by atoms with Crippen molar-refractivity contribution in [3.05, 3.63) is 68.2 Å². The molecule has 0 radical (unpaired) electrons. The van der Waals surface area contributed by atoms with E-state index in [1.165, 1.54) is 37.3 Å². The standard InChI is InChI=1S/C18H14Cl2N4O5/c1-18(10-5-7-11(8-6-10)24(28)29)16(26)23(17(27)22-18)9-14(25)21-13-4-2-3-12(19)15(13)20/h2-8H,9H2,1H3,(H,21,25)(H,22,27). The van der Waals surface area contributed by atoms with Gasteiger partial charge in [-0.2, -0.15) is 0 Å². The molecular weight excluding hydrogens is 423 g/mol. The minimum Gasteiger partial charge on any atom is -0.323 e. The molecule has 1 aliphatic rings. The van der Waals surface area contributed by atoms with E-state index in [1.54, 1.807) is 12.1 Å². The highest BCUT2D eigenvalue weighted by Gasteiger charge is 2.49. The van der Waals surface area contributed by atoms with Gasteiger partial charge in [0.2, 0.25) is 5.91 Å². The van der Waals surface area contributed by atoms with Crippen molar-refractivity contribution in [1.29, 1.82) is 0 Å². The molecule has 1 aliphatic heterocycles. The first-order valence-electron chi connectivity index (χ1n) is 8.26. The van der Waals surface area contributed by atoms with Gasteiger partial charge in [-0.3, -0.25) is 24.6 Å². The summed E-state index contributed by atoms with van der Waals surface area (Å²) in [5, 5.41) is 16.2. The molecular formula is C18H14Cl2N4O5. The van der Waals surface area contributed by atoms with E-state index >= 15 is 0 Å². The van der Waals surface area contributed by atoms with Crippen LogP contribution in [0.4, 0.5) is 16.2 Å². The molecule has 2 aromatic carbocycles. The van der Waals surface area contributed by atoms with Crippen molar-refractivity contribution in [2.24, 2.45) is 0 Å². The highest BCUT2D eigenvalue weighted by atomic mass is 35.5. The maximum absolute atomic E-state index is 12.8. The van der Waals surface area contributed by atoms with Gasteiger partial charge in [-0.05, 0) is 36.8 Å². The summed E-state index contributed by atoms with van der Waals surface area (Å²) in [5.41, 5.74) is -1.01. The van der Waals surface area contributed by atoms with E-state index in [4.69, 9.17) is 23.2 Å². The van der Waals surface area contributed by atoms with Gasteiger partial charge in [-0.15, -0.1) is 0 Å². The van der Waals surface area contributed by atoms with Crippen LogP contribution in [0.1, 0.15) is 12.5 Å². The fourth-order valence-electron chi connectivity index (χ4n) is 2.89. The van der Waals surface area contributed by atoms with Gasteiger partial charge >= 0.3 is 6.03 Å². The van der Waals surface area contributed by atoms with Gasteiger partial charge in [0.15, 0.2) is 0 Å². The van der Waals surface area contributed by atoms with Crippen molar-refractivity contribution in [2.75, 3.05) is 11.9 Å². The molecule has 29 heavy (non-hydrogen) atoms. The van der Waals surface area contributed by atoms with Crippen LogP contribution in [0.3, 0.4) is 0 Å². The number of non-ortho nitro benzene ring substituents is 1. The van der Waals surface area contributed by atoms with Crippen LogP contribution >= 0.6 is 23.2 Å². The zero-order chi connectivity index (χ0) is 21.3. The number of rotatable bonds is 5. The summed E-state index contributed by atoms with van der Waals surface area (Å²) in [6.45, 7) is 0.913. The van der Waals surface area contributed by atoms with Crippen molar-refractivity contribution in [3.8, 4) is 0 Å². The Bertz CT molecular complexity index is 1030. The lowest BCUT2D eigenvalue weighted by Gasteiger charge is -2.22. The van der Waals surface area contributed by atoms with E-state index in [9.17, 15) is 24.5 Å². The summed E-state index contributed by atoms with van der Waals surface area (Å²) in [6, 6.07) is 9.13. The number of nitro groups is 1. The molecule has 0 aliphatic carbocycles. The van der Waals surface area contributed by atoms with Crippen LogP contribution in [-0.4, -0.2) is 34.2 Å². The number of hydrogen-bond donors (Lipinski definition) is 2. The number of benzene rings is 2. The van der Waals surface area contributed by atoms with Crippen LogP contribution in [0.2, 0.25) is 10.0 Å². The molecule has 9 nitrogen and oxygen atoms in total. The molecule has 0 aromatic heterocycles. The zero-order valence-corrected chi connectivity index (χ0v) is 16.5. The first kappa shape index (κ1) is 20.6. The second-order valence-electron chi connectivity index (χ2n) is 6.40. The fourth-order valence-corrected chi connectivity index (χ4v) is 3.23. The number of nitrogens with zero attached hydrogens (tertiary/aromatic N) is 2. The predicted molar refractivity (Wildman–Crippen MR) is 106 cm³/mol. The molecule has 3 rings (SSSR count). The largest absolute Gasteiger partial charge is 0.325 e. The zero-order valence-electron chi connectivity index (χ0n) is 14.9. The quantitative estimate of drug-likeness (QED) is 0.422.